The van der Waals surface area contributed by atoms with Crippen molar-refractivity contribution in [2.45, 2.75) is 25.5 Å². The highest BCUT2D eigenvalue weighted by Gasteiger charge is 2.34. The highest BCUT2D eigenvalue weighted by atomic mass is 19.1. The van der Waals surface area contributed by atoms with Gasteiger partial charge in [0, 0.05) is 30.8 Å². The molecule has 3 atom stereocenters. The molecule has 3 rings (SSSR count). The molecule has 9 heteroatoms. The zero-order valence-electron chi connectivity index (χ0n) is 13.5. The number of halogens is 1. The first-order valence-corrected chi connectivity index (χ1v) is 7.78. The second-order valence-corrected chi connectivity index (χ2v) is 5.82. The quantitative estimate of drug-likeness (QED) is 0.816. The lowest BCUT2D eigenvalue weighted by Crippen LogP contribution is -2.36. The molecule has 8 nitrogen and oxygen atoms in total. The van der Waals surface area contributed by atoms with Crippen molar-refractivity contribution in [1.82, 2.24) is 14.8 Å². The van der Waals surface area contributed by atoms with E-state index < -0.39 is 11.9 Å². The van der Waals surface area contributed by atoms with Crippen molar-refractivity contribution in [3.05, 3.63) is 36.0 Å². The van der Waals surface area contributed by atoms with Gasteiger partial charge in [-0.2, -0.15) is 14.8 Å². The number of nitriles is 1. The van der Waals surface area contributed by atoms with Crippen LogP contribution in [0, 0.1) is 23.2 Å². The van der Waals surface area contributed by atoms with Crippen LogP contribution in [-0.4, -0.2) is 33.4 Å². The maximum atomic E-state index is 13.3. The molecule has 3 heterocycles. The fourth-order valence-corrected chi connectivity index (χ4v) is 2.95. The average molecular weight is 344 g/mol. The first-order valence-electron chi connectivity index (χ1n) is 7.78. The molecule has 1 aliphatic rings. The number of carbonyl (C=O) groups excluding carboxylic acids is 1. The lowest BCUT2D eigenvalue weighted by molar-refractivity contribution is -0.0304. The number of hydrogen-bond acceptors (Lipinski definition) is 6. The van der Waals surface area contributed by atoms with Crippen LogP contribution in [0.1, 0.15) is 29.7 Å². The van der Waals surface area contributed by atoms with Crippen LogP contribution in [0.5, 0.6) is 0 Å². The molecular formula is C16H17FN6O2. The van der Waals surface area contributed by atoms with Gasteiger partial charge in [-0.15, -0.1) is 0 Å². The van der Waals surface area contributed by atoms with Gasteiger partial charge >= 0.3 is 0 Å². The van der Waals surface area contributed by atoms with E-state index in [0.29, 0.717) is 18.7 Å². The van der Waals surface area contributed by atoms with Gasteiger partial charge in [-0.1, -0.05) is 0 Å². The molecule has 130 valence electrons. The second-order valence-electron chi connectivity index (χ2n) is 5.82. The molecular weight excluding hydrogens is 327 g/mol. The number of amides is 1. The number of pyridine rings is 1. The van der Waals surface area contributed by atoms with E-state index in [1.807, 2.05) is 6.92 Å². The van der Waals surface area contributed by atoms with Crippen LogP contribution in [0.15, 0.2) is 24.5 Å². The van der Waals surface area contributed by atoms with Crippen LogP contribution in [0.3, 0.4) is 0 Å². The molecule has 1 aliphatic heterocycles. The first kappa shape index (κ1) is 16.9. The summed E-state index contributed by atoms with van der Waals surface area (Å²) in [6, 6.07) is 4.63. The van der Waals surface area contributed by atoms with Crippen LogP contribution < -0.4 is 11.1 Å². The number of primary amides is 1. The monoisotopic (exact) mass is 344 g/mol. The summed E-state index contributed by atoms with van der Waals surface area (Å²) in [6.45, 7) is 2.35. The number of nitrogens with two attached hydrogens (primary N) is 1. The summed E-state index contributed by atoms with van der Waals surface area (Å²) >= 11 is 0. The molecule has 2 aromatic heterocycles. The number of carbonyl (C=O) groups is 1. The number of aromatic nitrogens is 3. The highest BCUT2D eigenvalue weighted by molar-refractivity contribution is 5.98. The fourth-order valence-electron chi connectivity index (χ4n) is 2.95. The normalized spacial score (nSPS) is 23.0. The van der Waals surface area contributed by atoms with Crippen molar-refractivity contribution in [3.63, 3.8) is 0 Å². The van der Waals surface area contributed by atoms with Gasteiger partial charge in [0.2, 0.25) is 5.95 Å². The predicted octanol–water partition coefficient (Wildman–Crippen LogP) is 1.75. The zero-order chi connectivity index (χ0) is 18.0. The Balaban J connectivity index is 1.97. The zero-order valence-corrected chi connectivity index (χ0v) is 13.5. The molecule has 1 saturated heterocycles. The van der Waals surface area contributed by atoms with E-state index in [1.54, 1.807) is 0 Å². The fraction of sp³-hybridized carbons (Fsp3) is 0.375. The van der Waals surface area contributed by atoms with Gasteiger partial charge in [-0.05, 0) is 19.4 Å². The minimum atomic E-state index is -0.679. The summed E-state index contributed by atoms with van der Waals surface area (Å²) in [4.78, 5) is 15.2. The topological polar surface area (TPSA) is 119 Å². The van der Waals surface area contributed by atoms with E-state index >= 15 is 0 Å². The Morgan fingerprint density at radius 3 is 3.08 bits per heavy atom. The van der Waals surface area contributed by atoms with Gasteiger partial charge in [-0.3, -0.25) is 9.48 Å². The van der Waals surface area contributed by atoms with E-state index in [4.69, 9.17) is 10.5 Å². The van der Waals surface area contributed by atoms with Crippen molar-refractivity contribution >= 4 is 17.4 Å². The molecule has 1 amide bonds. The molecule has 25 heavy (non-hydrogen) atoms. The number of nitrogens with zero attached hydrogens (tertiary/aromatic N) is 4. The largest absolute Gasteiger partial charge is 0.376 e. The third-order valence-corrected chi connectivity index (χ3v) is 4.16. The molecule has 0 saturated carbocycles. The predicted molar refractivity (Wildman–Crippen MR) is 86.4 cm³/mol. The standard InChI is InChI=1S/C16H17FN6O2/c1-9-14(10(7-18)3-5-25-9)23-8-12(15(19)24)16(22-23)21-11-2-4-20-13(17)6-11/h2,4,6,8-10,14H,3,5H2,1H3,(H2,19,24)(H,20,21,22)/t9-,10?,14-/m1/s1. The summed E-state index contributed by atoms with van der Waals surface area (Å²) in [5.41, 5.74) is 5.95. The Morgan fingerprint density at radius 2 is 2.40 bits per heavy atom. The van der Waals surface area contributed by atoms with Crippen LogP contribution >= 0.6 is 0 Å². The molecule has 1 unspecified atom stereocenters. The third kappa shape index (κ3) is 3.44. The van der Waals surface area contributed by atoms with Gasteiger partial charge < -0.3 is 15.8 Å². The lowest BCUT2D eigenvalue weighted by Gasteiger charge is -2.32. The Labute approximate surface area is 143 Å². The Kier molecular flexibility index (Phi) is 4.63. The molecule has 0 spiro atoms. The summed E-state index contributed by atoms with van der Waals surface area (Å²) < 4.78 is 20.4. The third-order valence-electron chi connectivity index (χ3n) is 4.16. The van der Waals surface area contributed by atoms with E-state index in [1.165, 1.54) is 29.2 Å². The van der Waals surface area contributed by atoms with Crippen molar-refractivity contribution in [1.29, 1.82) is 5.26 Å². The Morgan fingerprint density at radius 1 is 1.60 bits per heavy atom. The van der Waals surface area contributed by atoms with Gasteiger partial charge in [0.15, 0.2) is 5.82 Å². The highest BCUT2D eigenvalue weighted by Crippen LogP contribution is 2.32. The average Bonchev–Trinajstić information content (AvgIpc) is 2.98. The number of nitrogens with one attached hydrogen (secondary N) is 1. The molecule has 0 aliphatic carbocycles. The van der Waals surface area contributed by atoms with E-state index in [0.717, 1.165) is 0 Å². The molecule has 2 aromatic rings. The van der Waals surface area contributed by atoms with Crippen LogP contribution in [0.2, 0.25) is 0 Å². The smallest absolute Gasteiger partial charge is 0.254 e. The summed E-state index contributed by atoms with van der Waals surface area (Å²) in [5.74, 6) is -1.45. The number of ether oxygens (including phenoxy) is 1. The number of anilines is 2. The lowest BCUT2D eigenvalue weighted by atomic mass is 9.92. The van der Waals surface area contributed by atoms with Crippen LogP contribution in [0.4, 0.5) is 15.9 Å². The van der Waals surface area contributed by atoms with E-state index in [2.05, 4.69) is 21.5 Å². The van der Waals surface area contributed by atoms with Gasteiger partial charge in [0.25, 0.3) is 5.91 Å². The summed E-state index contributed by atoms with van der Waals surface area (Å²) in [6.07, 6.45) is 3.12. The van der Waals surface area contributed by atoms with E-state index in [-0.39, 0.29) is 29.4 Å². The molecule has 3 N–H and O–H groups in total. The van der Waals surface area contributed by atoms with Crippen molar-refractivity contribution < 1.29 is 13.9 Å². The number of rotatable bonds is 4. The van der Waals surface area contributed by atoms with Gasteiger partial charge in [0.1, 0.15) is 5.56 Å². The van der Waals surface area contributed by atoms with Gasteiger partial charge in [0.05, 0.1) is 24.1 Å². The van der Waals surface area contributed by atoms with E-state index in [9.17, 15) is 14.4 Å². The molecule has 1 fully saturated rings. The maximum Gasteiger partial charge on any atom is 0.254 e. The van der Waals surface area contributed by atoms with Crippen molar-refractivity contribution in [3.8, 4) is 6.07 Å². The maximum absolute atomic E-state index is 13.3. The SMILES string of the molecule is C[C@H]1OCCC(C#N)[C@@H]1n1cc(C(N)=O)c(Nc2ccnc(F)c2)n1. The van der Waals surface area contributed by atoms with Crippen LogP contribution in [-0.2, 0) is 4.74 Å². The first-order chi connectivity index (χ1) is 12.0. The number of hydrogen-bond donors (Lipinski definition) is 2. The van der Waals surface area contributed by atoms with Crippen molar-refractivity contribution in [2.24, 2.45) is 11.7 Å². The van der Waals surface area contributed by atoms with Crippen molar-refractivity contribution in [2.75, 3.05) is 11.9 Å². The minimum absolute atomic E-state index is 0.145. The minimum Gasteiger partial charge on any atom is -0.376 e. The van der Waals surface area contributed by atoms with Gasteiger partial charge in [-0.25, -0.2) is 4.98 Å². The molecule has 0 aromatic carbocycles. The Bertz CT molecular complexity index is 830. The summed E-state index contributed by atoms with van der Waals surface area (Å²) in [5, 5.41) is 16.6. The Hall–Kier alpha value is -2.99. The molecule has 0 bridgehead atoms. The molecule has 0 radical (unpaired) electrons. The summed E-state index contributed by atoms with van der Waals surface area (Å²) in [7, 11) is 0. The van der Waals surface area contributed by atoms with Crippen LogP contribution in [0.25, 0.3) is 0 Å². The second kappa shape index (κ2) is 6.86.